The summed E-state index contributed by atoms with van der Waals surface area (Å²) >= 11 is 3.35. The molecule has 7 heteroatoms. The van der Waals surface area contributed by atoms with E-state index >= 15 is 0 Å². The maximum atomic E-state index is 12.7. The summed E-state index contributed by atoms with van der Waals surface area (Å²) in [5.41, 5.74) is 1.02. The first kappa shape index (κ1) is 15.9. The first-order valence-corrected chi connectivity index (χ1v) is 8.71. The van der Waals surface area contributed by atoms with Crippen LogP contribution in [-0.2, 0) is 14.8 Å². The number of nitrogens with zero attached hydrogens (tertiary/aromatic N) is 1. The number of morpholine rings is 1. The van der Waals surface area contributed by atoms with E-state index in [2.05, 4.69) is 21.2 Å². The van der Waals surface area contributed by atoms with Crippen molar-refractivity contribution in [1.82, 2.24) is 9.62 Å². The number of rotatable bonds is 4. The molecule has 112 valence electrons. The molecule has 1 atom stereocenters. The Balaban J connectivity index is 2.25. The Morgan fingerprint density at radius 1 is 1.50 bits per heavy atom. The van der Waals surface area contributed by atoms with Crippen molar-refractivity contribution in [2.45, 2.75) is 17.9 Å². The quantitative estimate of drug-likeness (QED) is 0.878. The van der Waals surface area contributed by atoms with Gasteiger partial charge in [0.2, 0.25) is 10.0 Å². The highest BCUT2D eigenvalue weighted by Gasteiger charge is 2.31. The first-order chi connectivity index (χ1) is 9.45. The van der Waals surface area contributed by atoms with Crippen molar-refractivity contribution >= 4 is 26.0 Å². The molecule has 2 rings (SSSR count). The van der Waals surface area contributed by atoms with Crippen molar-refractivity contribution in [2.24, 2.45) is 0 Å². The van der Waals surface area contributed by atoms with Crippen LogP contribution in [0.15, 0.2) is 27.6 Å². The zero-order valence-corrected chi connectivity index (χ0v) is 14.0. The van der Waals surface area contributed by atoms with Gasteiger partial charge in [-0.3, -0.25) is 0 Å². The molecule has 0 saturated carbocycles. The molecule has 1 N–H and O–H groups in total. The van der Waals surface area contributed by atoms with Crippen molar-refractivity contribution < 1.29 is 13.2 Å². The number of halogens is 1. The van der Waals surface area contributed by atoms with E-state index in [9.17, 15) is 8.42 Å². The second kappa shape index (κ2) is 6.53. The maximum Gasteiger partial charge on any atom is 0.244 e. The number of aryl methyl sites for hydroxylation is 1. The van der Waals surface area contributed by atoms with Crippen molar-refractivity contribution in [3.8, 4) is 0 Å². The second-order valence-corrected chi connectivity index (χ2v) is 7.61. The molecule has 1 aromatic rings. The topological polar surface area (TPSA) is 58.6 Å². The van der Waals surface area contributed by atoms with Gasteiger partial charge < -0.3 is 10.1 Å². The molecule has 1 aliphatic rings. The van der Waals surface area contributed by atoms with Gasteiger partial charge in [0.25, 0.3) is 0 Å². The van der Waals surface area contributed by atoms with Crippen LogP contribution in [-0.4, -0.2) is 52.1 Å². The smallest absolute Gasteiger partial charge is 0.244 e. The summed E-state index contributed by atoms with van der Waals surface area (Å²) in [4.78, 5) is 0.313. The van der Waals surface area contributed by atoms with Crippen LogP contribution < -0.4 is 5.32 Å². The highest BCUT2D eigenvalue weighted by atomic mass is 79.9. The molecule has 1 fully saturated rings. The van der Waals surface area contributed by atoms with Gasteiger partial charge in [0.05, 0.1) is 17.6 Å². The fourth-order valence-corrected chi connectivity index (χ4v) is 4.82. The maximum absolute atomic E-state index is 12.7. The largest absolute Gasteiger partial charge is 0.374 e. The van der Waals surface area contributed by atoms with Crippen molar-refractivity contribution in [2.75, 3.05) is 33.3 Å². The summed E-state index contributed by atoms with van der Waals surface area (Å²) in [5, 5.41) is 3.01. The fourth-order valence-electron chi connectivity index (χ4n) is 2.22. The molecule has 0 radical (unpaired) electrons. The lowest BCUT2D eigenvalue weighted by atomic mass is 10.2. The van der Waals surface area contributed by atoms with E-state index in [0.29, 0.717) is 35.6 Å². The van der Waals surface area contributed by atoms with Gasteiger partial charge in [-0.05, 0) is 47.6 Å². The molecule has 0 aliphatic carbocycles. The SMILES string of the molecule is CNCC1CN(S(=O)(=O)c2ccc(C)cc2Br)CCO1. The fraction of sp³-hybridized carbons (Fsp3) is 0.538. The van der Waals surface area contributed by atoms with Crippen LogP contribution in [0.25, 0.3) is 0 Å². The van der Waals surface area contributed by atoms with Crippen molar-refractivity contribution in [3.63, 3.8) is 0 Å². The van der Waals surface area contributed by atoms with E-state index in [1.165, 1.54) is 4.31 Å². The Bertz CT molecular complexity index is 575. The predicted molar refractivity (Wildman–Crippen MR) is 81.3 cm³/mol. The number of likely N-dealkylation sites (N-methyl/N-ethyl adjacent to an activating group) is 1. The van der Waals surface area contributed by atoms with Gasteiger partial charge in [-0.2, -0.15) is 4.31 Å². The van der Waals surface area contributed by atoms with Crippen LogP contribution in [0.3, 0.4) is 0 Å². The molecule has 1 saturated heterocycles. The molecule has 1 aromatic carbocycles. The number of hydrogen-bond acceptors (Lipinski definition) is 4. The Morgan fingerprint density at radius 2 is 2.25 bits per heavy atom. The third-order valence-electron chi connectivity index (χ3n) is 3.24. The Hall–Kier alpha value is -0.470. The predicted octanol–water partition coefficient (Wildman–Crippen LogP) is 1.37. The lowest BCUT2D eigenvalue weighted by molar-refractivity contribution is 0.000812. The lowest BCUT2D eigenvalue weighted by Gasteiger charge is -2.32. The summed E-state index contributed by atoms with van der Waals surface area (Å²) in [6.07, 6.45) is -0.104. The molecule has 0 bridgehead atoms. The van der Waals surface area contributed by atoms with Crippen LogP contribution in [0, 0.1) is 6.92 Å². The number of benzene rings is 1. The van der Waals surface area contributed by atoms with Crippen LogP contribution >= 0.6 is 15.9 Å². The molecule has 1 heterocycles. The summed E-state index contributed by atoms with van der Waals surface area (Å²) < 4.78 is 33.0. The van der Waals surface area contributed by atoms with Crippen LogP contribution in [0.1, 0.15) is 5.56 Å². The minimum absolute atomic E-state index is 0.104. The minimum atomic E-state index is -3.48. The van der Waals surface area contributed by atoms with Crippen LogP contribution in [0.2, 0.25) is 0 Å². The van der Waals surface area contributed by atoms with Gasteiger partial charge in [-0.15, -0.1) is 0 Å². The second-order valence-electron chi connectivity index (χ2n) is 4.85. The van der Waals surface area contributed by atoms with E-state index < -0.39 is 10.0 Å². The highest BCUT2D eigenvalue weighted by molar-refractivity contribution is 9.10. The molecule has 1 unspecified atom stereocenters. The third kappa shape index (κ3) is 3.40. The molecular formula is C13H19BrN2O3S. The minimum Gasteiger partial charge on any atom is -0.374 e. The first-order valence-electron chi connectivity index (χ1n) is 6.47. The van der Waals surface area contributed by atoms with E-state index in [1.807, 2.05) is 26.1 Å². The van der Waals surface area contributed by atoms with Gasteiger partial charge >= 0.3 is 0 Å². The highest BCUT2D eigenvalue weighted by Crippen LogP contribution is 2.27. The summed E-state index contributed by atoms with van der Waals surface area (Å²) in [6, 6.07) is 5.28. The van der Waals surface area contributed by atoms with E-state index in [0.717, 1.165) is 5.56 Å². The molecule has 0 spiro atoms. The number of nitrogens with one attached hydrogen (secondary N) is 1. The monoisotopic (exact) mass is 362 g/mol. The van der Waals surface area contributed by atoms with Gasteiger partial charge in [0, 0.05) is 24.1 Å². The van der Waals surface area contributed by atoms with Crippen LogP contribution in [0.4, 0.5) is 0 Å². The molecule has 5 nitrogen and oxygen atoms in total. The number of sulfonamides is 1. The molecule has 0 amide bonds. The Labute approximate surface area is 128 Å². The summed E-state index contributed by atoms with van der Waals surface area (Å²) in [6.45, 7) is 3.77. The zero-order valence-electron chi connectivity index (χ0n) is 11.6. The van der Waals surface area contributed by atoms with E-state index in [4.69, 9.17) is 4.74 Å². The average Bonchev–Trinajstić information content (AvgIpc) is 2.39. The van der Waals surface area contributed by atoms with Crippen molar-refractivity contribution in [1.29, 1.82) is 0 Å². The molecular weight excluding hydrogens is 344 g/mol. The molecule has 20 heavy (non-hydrogen) atoms. The summed E-state index contributed by atoms with van der Waals surface area (Å²) in [7, 11) is -1.66. The molecule has 0 aromatic heterocycles. The number of hydrogen-bond donors (Lipinski definition) is 1. The van der Waals surface area contributed by atoms with Gasteiger partial charge in [0.15, 0.2) is 0 Å². The van der Waals surface area contributed by atoms with Crippen LogP contribution in [0.5, 0.6) is 0 Å². The van der Waals surface area contributed by atoms with Gasteiger partial charge in [-0.1, -0.05) is 6.07 Å². The molecule has 1 aliphatic heterocycles. The normalized spacial score (nSPS) is 21.1. The van der Waals surface area contributed by atoms with E-state index in [-0.39, 0.29) is 6.10 Å². The average molecular weight is 363 g/mol. The van der Waals surface area contributed by atoms with Gasteiger partial charge in [-0.25, -0.2) is 8.42 Å². The third-order valence-corrected chi connectivity index (χ3v) is 6.08. The standard InChI is InChI=1S/C13H19BrN2O3S/c1-10-3-4-13(12(14)7-10)20(17,18)16-5-6-19-11(9-16)8-15-2/h3-4,7,11,15H,5-6,8-9H2,1-2H3. The van der Waals surface area contributed by atoms with Crippen molar-refractivity contribution in [3.05, 3.63) is 28.2 Å². The lowest BCUT2D eigenvalue weighted by Crippen LogP contribution is -2.48. The number of ether oxygens (including phenoxy) is 1. The van der Waals surface area contributed by atoms with Gasteiger partial charge in [0.1, 0.15) is 0 Å². The Kier molecular flexibility index (Phi) is 5.19. The Morgan fingerprint density at radius 3 is 2.90 bits per heavy atom. The van der Waals surface area contributed by atoms with E-state index in [1.54, 1.807) is 6.07 Å². The summed E-state index contributed by atoms with van der Waals surface area (Å²) in [5.74, 6) is 0. The zero-order chi connectivity index (χ0) is 14.8.